The van der Waals surface area contributed by atoms with Crippen LogP contribution in [0.5, 0.6) is 0 Å². The molecule has 2 atom stereocenters. The normalized spacial score (nSPS) is 16.8. The summed E-state index contributed by atoms with van der Waals surface area (Å²) < 4.78 is 0.968. The number of aromatic carboxylic acids is 1. The molecule has 0 saturated carbocycles. The molecule has 1 amide bonds. The number of nitrogens with one attached hydrogen (secondary N) is 1. The SMILES string of the molecule is C[C@H](C(=O)N[C@@H]1CCCc2ccccc21)n1nc(C(=O)O)c2ccccc2c1=O. The van der Waals surface area contributed by atoms with Crippen LogP contribution in [0.15, 0.2) is 53.3 Å². The van der Waals surface area contributed by atoms with Gasteiger partial charge < -0.3 is 10.4 Å². The quantitative estimate of drug-likeness (QED) is 0.712. The Morgan fingerprint density at radius 2 is 1.83 bits per heavy atom. The predicted octanol–water partition coefficient (Wildman–Crippen LogP) is 2.85. The lowest BCUT2D eigenvalue weighted by Crippen LogP contribution is -2.40. The van der Waals surface area contributed by atoms with Crippen LogP contribution in [0.2, 0.25) is 0 Å². The average Bonchev–Trinajstić information content (AvgIpc) is 2.73. The van der Waals surface area contributed by atoms with Crippen LogP contribution in [-0.4, -0.2) is 26.8 Å². The number of aryl methyl sites for hydroxylation is 1. The van der Waals surface area contributed by atoms with Gasteiger partial charge in [-0.3, -0.25) is 9.59 Å². The number of fused-ring (bicyclic) bond motifs is 2. The summed E-state index contributed by atoms with van der Waals surface area (Å²) in [7, 11) is 0. The van der Waals surface area contributed by atoms with E-state index in [4.69, 9.17) is 0 Å². The molecule has 0 spiro atoms. The van der Waals surface area contributed by atoms with Crippen molar-refractivity contribution < 1.29 is 14.7 Å². The van der Waals surface area contributed by atoms with Crippen LogP contribution in [0.25, 0.3) is 10.8 Å². The molecule has 7 nitrogen and oxygen atoms in total. The molecule has 0 radical (unpaired) electrons. The van der Waals surface area contributed by atoms with Crippen molar-refractivity contribution >= 4 is 22.6 Å². The molecule has 0 bridgehead atoms. The van der Waals surface area contributed by atoms with Gasteiger partial charge in [0.1, 0.15) is 6.04 Å². The van der Waals surface area contributed by atoms with Gasteiger partial charge >= 0.3 is 5.97 Å². The van der Waals surface area contributed by atoms with E-state index < -0.39 is 17.6 Å². The molecule has 1 heterocycles. The summed E-state index contributed by atoms with van der Waals surface area (Å²) in [5.41, 5.74) is 1.57. The molecule has 4 rings (SSSR count). The lowest BCUT2D eigenvalue weighted by Gasteiger charge is -2.27. The summed E-state index contributed by atoms with van der Waals surface area (Å²) in [5.74, 6) is -1.61. The lowest BCUT2D eigenvalue weighted by molar-refractivity contribution is -0.125. The van der Waals surface area contributed by atoms with Gasteiger partial charge in [-0.2, -0.15) is 5.10 Å². The molecule has 148 valence electrons. The van der Waals surface area contributed by atoms with Gasteiger partial charge in [-0.1, -0.05) is 42.5 Å². The van der Waals surface area contributed by atoms with Crippen molar-refractivity contribution in [3.63, 3.8) is 0 Å². The molecule has 1 aliphatic carbocycles. The van der Waals surface area contributed by atoms with Crippen molar-refractivity contribution in [2.75, 3.05) is 0 Å². The molecular weight excluding hydrogens is 370 g/mol. The third-order valence-electron chi connectivity index (χ3n) is 5.46. The van der Waals surface area contributed by atoms with Crippen molar-refractivity contribution in [3.05, 3.63) is 75.7 Å². The molecule has 2 N–H and O–H groups in total. The Hall–Kier alpha value is -3.48. The molecule has 0 unspecified atom stereocenters. The van der Waals surface area contributed by atoms with E-state index in [9.17, 15) is 19.5 Å². The highest BCUT2D eigenvalue weighted by molar-refractivity contribution is 6.01. The first-order valence-electron chi connectivity index (χ1n) is 9.60. The number of rotatable bonds is 4. The van der Waals surface area contributed by atoms with Crippen LogP contribution in [0.4, 0.5) is 0 Å². The first-order chi connectivity index (χ1) is 14.0. The van der Waals surface area contributed by atoms with Gasteiger partial charge in [0.25, 0.3) is 5.56 Å². The fourth-order valence-corrected chi connectivity index (χ4v) is 3.93. The minimum atomic E-state index is -1.25. The first-order valence-corrected chi connectivity index (χ1v) is 9.60. The van der Waals surface area contributed by atoms with E-state index in [-0.39, 0.29) is 28.4 Å². The van der Waals surface area contributed by atoms with E-state index in [2.05, 4.69) is 16.5 Å². The minimum absolute atomic E-state index is 0.134. The Labute approximate surface area is 167 Å². The van der Waals surface area contributed by atoms with Gasteiger partial charge in [0.2, 0.25) is 5.91 Å². The maximum atomic E-state index is 12.9. The third-order valence-corrected chi connectivity index (χ3v) is 5.46. The van der Waals surface area contributed by atoms with Crippen molar-refractivity contribution in [1.29, 1.82) is 0 Å². The fraction of sp³-hybridized carbons (Fsp3) is 0.273. The lowest BCUT2D eigenvalue weighted by atomic mass is 9.87. The predicted molar refractivity (Wildman–Crippen MR) is 108 cm³/mol. The number of hydrogen-bond acceptors (Lipinski definition) is 4. The number of carboxylic acids is 1. The van der Waals surface area contributed by atoms with Crippen molar-refractivity contribution in [2.24, 2.45) is 0 Å². The zero-order valence-electron chi connectivity index (χ0n) is 16.0. The van der Waals surface area contributed by atoms with E-state index in [0.717, 1.165) is 29.5 Å². The van der Waals surface area contributed by atoms with Crippen LogP contribution in [0.1, 0.15) is 53.5 Å². The Morgan fingerprint density at radius 3 is 2.59 bits per heavy atom. The molecule has 1 aromatic heterocycles. The Morgan fingerprint density at radius 1 is 1.14 bits per heavy atom. The number of aromatic nitrogens is 2. The molecule has 7 heteroatoms. The van der Waals surface area contributed by atoms with Crippen LogP contribution < -0.4 is 10.9 Å². The van der Waals surface area contributed by atoms with Gasteiger partial charge in [0.15, 0.2) is 5.69 Å². The fourth-order valence-electron chi connectivity index (χ4n) is 3.93. The summed E-state index contributed by atoms with van der Waals surface area (Å²) in [4.78, 5) is 37.4. The highest BCUT2D eigenvalue weighted by Gasteiger charge is 2.26. The van der Waals surface area contributed by atoms with Crippen molar-refractivity contribution in [2.45, 2.75) is 38.3 Å². The number of carboxylic acid groups (broad SMARTS) is 1. The maximum Gasteiger partial charge on any atom is 0.357 e. The van der Waals surface area contributed by atoms with Crippen LogP contribution in [-0.2, 0) is 11.2 Å². The standard InChI is InChI=1S/C22H21N3O4/c1-13(20(26)23-18-12-6-8-14-7-2-3-9-15(14)18)25-21(27)17-11-5-4-10-16(17)19(24-25)22(28)29/h2-5,7,9-11,13,18H,6,8,12H2,1H3,(H,23,26)(H,28,29)/t13-,18-/m1/s1. The molecule has 0 saturated heterocycles. The van der Waals surface area contributed by atoms with E-state index in [0.29, 0.717) is 0 Å². The molecule has 2 aromatic carbocycles. The second kappa shape index (κ2) is 7.50. The van der Waals surface area contributed by atoms with Gasteiger partial charge in [-0.25, -0.2) is 9.48 Å². The number of carbonyl (C=O) groups is 2. The first kappa shape index (κ1) is 18.9. The van der Waals surface area contributed by atoms with Gasteiger partial charge in [0, 0.05) is 5.39 Å². The monoisotopic (exact) mass is 391 g/mol. The summed E-state index contributed by atoms with van der Waals surface area (Å²) in [5, 5.41) is 17.0. The van der Waals surface area contributed by atoms with Gasteiger partial charge in [-0.05, 0) is 43.4 Å². The van der Waals surface area contributed by atoms with E-state index in [1.165, 1.54) is 5.56 Å². The zero-order chi connectivity index (χ0) is 20.5. The average molecular weight is 391 g/mol. The van der Waals surface area contributed by atoms with Crippen LogP contribution in [0.3, 0.4) is 0 Å². The zero-order valence-corrected chi connectivity index (χ0v) is 16.0. The molecule has 3 aromatic rings. The maximum absolute atomic E-state index is 12.9. The Bertz CT molecular complexity index is 1170. The Balaban J connectivity index is 1.68. The molecule has 0 fully saturated rings. The molecule has 0 aliphatic heterocycles. The highest BCUT2D eigenvalue weighted by atomic mass is 16.4. The number of amides is 1. The summed E-state index contributed by atoms with van der Waals surface area (Å²) >= 11 is 0. The minimum Gasteiger partial charge on any atom is -0.476 e. The third kappa shape index (κ3) is 3.40. The van der Waals surface area contributed by atoms with E-state index >= 15 is 0 Å². The smallest absolute Gasteiger partial charge is 0.357 e. The van der Waals surface area contributed by atoms with Crippen LogP contribution >= 0.6 is 0 Å². The van der Waals surface area contributed by atoms with Crippen LogP contribution in [0, 0.1) is 0 Å². The summed E-state index contributed by atoms with van der Waals surface area (Å²) in [6.07, 6.45) is 2.76. The number of hydrogen-bond donors (Lipinski definition) is 2. The van der Waals surface area contributed by atoms with Crippen molar-refractivity contribution in [3.8, 4) is 0 Å². The second-order valence-electron chi connectivity index (χ2n) is 7.28. The number of benzene rings is 2. The molecular formula is C22H21N3O4. The summed E-state index contributed by atoms with van der Waals surface area (Å²) in [6, 6.07) is 13.3. The molecule has 29 heavy (non-hydrogen) atoms. The summed E-state index contributed by atoms with van der Waals surface area (Å²) in [6.45, 7) is 1.55. The van der Waals surface area contributed by atoms with E-state index in [1.54, 1.807) is 31.2 Å². The Kier molecular flexibility index (Phi) is 4.88. The highest BCUT2D eigenvalue weighted by Crippen LogP contribution is 2.29. The largest absolute Gasteiger partial charge is 0.476 e. The van der Waals surface area contributed by atoms with Crippen molar-refractivity contribution in [1.82, 2.24) is 15.1 Å². The topological polar surface area (TPSA) is 101 Å². The number of nitrogens with zero attached hydrogens (tertiary/aromatic N) is 2. The molecule has 1 aliphatic rings. The second-order valence-corrected chi connectivity index (χ2v) is 7.28. The number of carbonyl (C=O) groups excluding carboxylic acids is 1. The van der Waals surface area contributed by atoms with Gasteiger partial charge in [-0.15, -0.1) is 0 Å². The van der Waals surface area contributed by atoms with E-state index in [1.807, 2.05) is 18.2 Å². The van der Waals surface area contributed by atoms with Gasteiger partial charge in [0.05, 0.1) is 11.4 Å².